The third-order valence-electron chi connectivity index (χ3n) is 3.48. The van der Waals surface area contributed by atoms with Crippen molar-refractivity contribution in [2.45, 2.75) is 42.4 Å². The van der Waals surface area contributed by atoms with Gasteiger partial charge in [0.1, 0.15) is 5.75 Å². The van der Waals surface area contributed by atoms with E-state index in [2.05, 4.69) is 12.2 Å². The van der Waals surface area contributed by atoms with Crippen LogP contribution in [0.15, 0.2) is 29.2 Å². The Kier molecular flexibility index (Phi) is 4.78. The molecule has 1 aromatic rings. The van der Waals surface area contributed by atoms with Gasteiger partial charge in [-0.15, -0.1) is 0 Å². The van der Waals surface area contributed by atoms with Crippen LogP contribution in [0.4, 0.5) is 0 Å². The first-order chi connectivity index (χ1) is 8.77. The number of nitrogens with one attached hydrogen (secondary N) is 1. The average Bonchev–Trinajstić information content (AvgIpc) is 2.86. The van der Waals surface area contributed by atoms with E-state index in [0.29, 0.717) is 6.04 Å². The first-order valence-electron chi connectivity index (χ1n) is 6.55. The zero-order valence-corrected chi connectivity index (χ0v) is 11.8. The van der Waals surface area contributed by atoms with Gasteiger partial charge in [0.25, 0.3) is 0 Å². The lowest BCUT2D eigenvalue weighted by Gasteiger charge is -2.20. The molecule has 3 nitrogen and oxygen atoms in total. The highest BCUT2D eigenvalue weighted by Crippen LogP contribution is 2.31. The Bertz CT molecular complexity index is 422. The number of ether oxygens (including phenoxy) is 1. The summed E-state index contributed by atoms with van der Waals surface area (Å²) in [5, 5.41) is 3.66. The van der Waals surface area contributed by atoms with Crippen LogP contribution < -0.4 is 10.1 Å². The molecule has 0 saturated heterocycles. The molecule has 1 fully saturated rings. The second-order valence-electron chi connectivity index (χ2n) is 4.58. The van der Waals surface area contributed by atoms with Crippen LogP contribution in [0.25, 0.3) is 0 Å². The molecule has 1 N–H and O–H groups in total. The van der Waals surface area contributed by atoms with Crippen LogP contribution in [0.5, 0.6) is 5.75 Å². The summed E-state index contributed by atoms with van der Waals surface area (Å²) in [6.45, 7) is 3.03. The summed E-state index contributed by atoms with van der Waals surface area (Å²) in [7, 11) is 0.642. The molecule has 0 aliphatic heterocycles. The van der Waals surface area contributed by atoms with E-state index < -0.39 is 10.8 Å². The van der Waals surface area contributed by atoms with Crippen molar-refractivity contribution in [1.82, 2.24) is 5.32 Å². The van der Waals surface area contributed by atoms with Crippen molar-refractivity contribution in [3.8, 4) is 5.75 Å². The maximum atomic E-state index is 12.7. The third kappa shape index (κ3) is 2.75. The smallest absolute Gasteiger partial charge is 0.134 e. The Labute approximate surface area is 111 Å². The molecule has 2 rings (SSSR count). The normalized spacial score (nSPS) is 25.0. The molecule has 1 aromatic carbocycles. The lowest BCUT2D eigenvalue weighted by molar-refractivity contribution is 0.403. The summed E-state index contributed by atoms with van der Waals surface area (Å²) in [4.78, 5) is 0.829. The number of para-hydroxylation sites is 1. The average molecular weight is 267 g/mol. The molecule has 0 bridgehead atoms. The Balaban J connectivity index is 2.20. The quantitative estimate of drug-likeness (QED) is 0.890. The van der Waals surface area contributed by atoms with Gasteiger partial charge in [0.15, 0.2) is 0 Å². The zero-order valence-electron chi connectivity index (χ0n) is 11.0. The van der Waals surface area contributed by atoms with Crippen molar-refractivity contribution in [2.75, 3.05) is 13.7 Å². The molecule has 0 aromatic heterocycles. The van der Waals surface area contributed by atoms with Gasteiger partial charge in [-0.05, 0) is 31.5 Å². The van der Waals surface area contributed by atoms with Crippen LogP contribution in [-0.4, -0.2) is 29.2 Å². The van der Waals surface area contributed by atoms with Gasteiger partial charge in [-0.1, -0.05) is 25.5 Å². The van der Waals surface area contributed by atoms with Gasteiger partial charge in [0, 0.05) is 6.04 Å². The second-order valence-corrected chi connectivity index (χ2v) is 6.22. The molecule has 1 saturated carbocycles. The summed E-state index contributed by atoms with van der Waals surface area (Å²) < 4.78 is 18.0. The molecule has 0 amide bonds. The molecule has 0 heterocycles. The van der Waals surface area contributed by atoms with Crippen molar-refractivity contribution < 1.29 is 8.95 Å². The SMILES string of the molecule is CCNC1CCCC1S(=O)c1ccccc1OC. The van der Waals surface area contributed by atoms with Gasteiger partial charge >= 0.3 is 0 Å². The second kappa shape index (κ2) is 6.34. The predicted molar refractivity (Wildman–Crippen MR) is 74.5 cm³/mol. The van der Waals surface area contributed by atoms with E-state index in [4.69, 9.17) is 4.74 Å². The maximum absolute atomic E-state index is 12.7. The van der Waals surface area contributed by atoms with Crippen LogP contribution in [0.3, 0.4) is 0 Å². The number of rotatable bonds is 5. The third-order valence-corrected chi connectivity index (χ3v) is 5.36. The minimum atomic E-state index is -0.989. The first kappa shape index (κ1) is 13.6. The van der Waals surface area contributed by atoms with Crippen LogP contribution >= 0.6 is 0 Å². The Morgan fingerprint density at radius 3 is 2.89 bits per heavy atom. The lowest BCUT2D eigenvalue weighted by atomic mass is 10.2. The number of hydrogen-bond donors (Lipinski definition) is 1. The van der Waals surface area contributed by atoms with E-state index in [0.717, 1.165) is 36.5 Å². The van der Waals surface area contributed by atoms with Gasteiger partial charge in [-0.2, -0.15) is 0 Å². The minimum Gasteiger partial charge on any atom is -0.495 e. The molecule has 0 radical (unpaired) electrons. The molecule has 18 heavy (non-hydrogen) atoms. The van der Waals surface area contributed by atoms with Crippen molar-refractivity contribution >= 4 is 10.8 Å². The molecule has 100 valence electrons. The van der Waals surface area contributed by atoms with Crippen molar-refractivity contribution in [2.24, 2.45) is 0 Å². The standard InChI is InChI=1S/C14H21NO2S/c1-3-15-11-7-6-10-13(11)18(16)14-9-5-4-8-12(14)17-2/h4-5,8-9,11,13,15H,3,6-7,10H2,1-2H3. The topological polar surface area (TPSA) is 38.3 Å². The molecular weight excluding hydrogens is 246 g/mol. The minimum absolute atomic E-state index is 0.209. The number of benzene rings is 1. The van der Waals surface area contributed by atoms with Gasteiger partial charge in [0.05, 0.1) is 28.1 Å². The maximum Gasteiger partial charge on any atom is 0.134 e. The first-order valence-corrected chi connectivity index (χ1v) is 7.76. The lowest BCUT2D eigenvalue weighted by Crippen LogP contribution is -2.38. The van der Waals surface area contributed by atoms with E-state index >= 15 is 0 Å². The zero-order chi connectivity index (χ0) is 13.0. The molecule has 1 aliphatic rings. The highest BCUT2D eigenvalue weighted by Gasteiger charge is 2.32. The van der Waals surface area contributed by atoms with Crippen molar-refractivity contribution in [3.05, 3.63) is 24.3 Å². The molecule has 3 unspecified atom stereocenters. The largest absolute Gasteiger partial charge is 0.495 e. The van der Waals surface area contributed by atoms with E-state index in [1.807, 2.05) is 24.3 Å². The fourth-order valence-corrected chi connectivity index (χ4v) is 4.43. The molecular formula is C14H21NO2S. The van der Waals surface area contributed by atoms with E-state index in [1.165, 1.54) is 0 Å². The monoisotopic (exact) mass is 267 g/mol. The molecule has 1 aliphatic carbocycles. The van der Waals surface area contributed by atoms with Gasteiger partial charge in [-0.3, -0.25) is 4.21 Å². The molecule has 4 heteroatoms. The molecule has 3 atom stereocenters. The van der Waals surface area contributed by atoms with Crippen LogP contribution in [0, 0.1) is 0 Å². The van der Waals surface area contributed by atoms with Gasteiger partial charge in [0.2, 0.25) is 0 Å². The summed E-state index contributed by atoms with van der Waals surface area (Å²) in [6, 6.07) is 8.00. The van der Waals surface area contributed by atoms with Gasteiger partial charge < -0.3 is 10.1 Å². The summed E-state index contributed by atoms with van der Waals surface area (Å²) in [5.41, 5.74) is 0. The summed E-state index contributed by atoms with van der Waals surface area (Å²) in [5.74, 6) is 0.734. The van der Waals surface area contributed by atoms with Crippen LogP contribution in [-0.2, 0) is 10.8 Å². The predicted octanol–water partition coefficient (Wildman–Crippen LogP) is 2.33. The van der Waals surface area contributed by atoms with Crippen LogP contribution in [0.2, 0.25) is 0 Å². The van der Waals surface area contributed by atoms with Crippen LogP contribution in [0.1, 0.15) is 26.2 Å². The number of methoxy groups -OCH3 is 1. The van der Waals surface area contributed by atoms with E-state index in [-0.39, 0.29) is 5.25 Å². The Hall–Kier alpha value is -0.870. The van der Waals surface area contributed by atoms with Crippen molar-refractivity contribution in [1.29, 1.82) is 0 Å². The fraction of sp³-hybridized carbons (Fsp3) is 0.571. The number of hydrogen-bond acceptors (Lipinski definition) is 3. The van der Waals surface area contributed by atoms with Gasteiger partial charge in [-0.25, -0.2) is 0 Å². The Morgan fingerprint density at radius 2 is 2.17 bits per heavy atom. The van der Waals surface area contributed by atoms with E-state index in [9.17, 15) is 4.21 Å². The summed E-state index contributed by atoms with van der Waals surface area (Å²) in [6.07, 6.45) is 3.31. The Morgan fingerprint density at radius 1 is 1.39 bits per heavy atom. The molecule has 0 spiro atoms. The highest BCUT2D eigenvalue weighted by atomic mass is 32.2. The van der Waals surface area contributed by atoms with Crippen molar-refractivity contribution in [3.63, 3.8) is 0 Å². The fourth-order valence-electron chi connectivity index (χ4n) is 2.63. The van der Waals surface area contributed by atoms with E-state index in [1.54, 1.807) is 7.11 Å². The highest BCUT2D eigenvalue weighted by molar-refractivity contribution is 7.85. The summed E-state index contributed by atoms with van der Waals surface area (Å²) >= 11 is 0.